The van der Waals surface area contributed by atoms with Crippen molar-refractivity contribution in [3.05, 3.63) is 130 Å². The molecule has 2 aliphatic heterocycles. The number of carbonyl (C=O) groups is 2. The summed E-state index contributed by atoms with van der Waals surface area (Å²) in [4.78, 5) is 25.2. The van der Waals surface area contributed by atoms with E-state index in [1.54, 1.807) is 0 Å². The first kappa shape index (κ1) is 84.1. The van der Waals surface area contributed by atoms with Crippen LogP contribution in [-0.2, 0) is 38.0 Å². The molecule has 0 aromatic carbocycles. The summed E-state index contributed by atoms with van der Waals surface area (Å²) in [6.45, 7) is 29.8. The molecule has 6 N–H and O–H groups in total. The Kier molecular flexibility index (Phi) is 39.2. The van der Waals surface area contributed by atoms with E-state index in [9.17, 15) is 40.2 Å². The molecule has 14 heteroatoms. The third-order valence-corrected chi connectivity index (χ3v) is 19.3. The van der Waals surface area contributed by atoms with Gasteiger partial charge in [0.15, 0.2) is 12.6 Å². The molecular formula is C82H132O14. The Balaban J connectivity index is 1.18. The number of aliphatic hydroxyl groups is 6. The number of hydrogen-bond acceptors (Lipinski definition) is 14. The molecule has 0 aromatic heterocycles. The zero-order chi connectivity index (χ0) is 70.8. The van der Waals surface area contributed by atoms with Crippen molar-refractivity contribution in [1.82, 2.24) is 0 Å². The van der Waals surface area contributed by atoms with Crippen LogP contribution in [0.1, 0.15) is 264 Å². The van der Waals surface area contributed by atoms with Gasteiger partial charge in [-0.05, 0) is 114 Å². The van der Waals surface area contributed by atoms with Crippen LogP contribution in [0.5, 0.6) is 0 Å². The van der Waals surface area contributed by atoms with Gasteiger partial charge in [-0.25, -0.2) is 0 Å². The number of rotatable bonds is 42. The van der Waals surface area contributed by atoms with E-state index >= 15 is 0 Å². The van der Waals surface area contributed by atoms with Gasteiger partial charge in [-0.3, -0.25) is 9.59 Å². The standard InChI is InChI=1S/C82H132O14/c1-57(2)37-29-25-21-17-15-19-23-27-31-45-71(83)91-55-69-73(85)75(87)77(89)79(95-69)93-65-51-63(9)67(81(11,12)53-65)49-47-61(7)43-35-41-59(5)39-33-34-40-60(6)42-36-44-62(8)48-50-68-64(10)52-66(54-82(68,13)14)94-80-78(90)76(88)74(86)70(96-80)56-92-72(84)46-32-28-24-20-16-18-22-26-30-38-58(3)4/h33-36,39-44,47-50,57-58,65-66,69-70,73-80,85-90H,15-32,37-38,45-46,51-56H2,1-14H3/b34-33+,41-35+,42-36+,49-47+,50-48+,59-39+,60-40+,61-43+,62-44+/t65-,66-,69-,70-,73-,74-,75?,76?,77?,78?,79-,80-/m1/s1. The van der Waals surface area contributed by atoms with Crippen molar-refractivity contribution in [2.24, 2.45) is 22.7 Å². The quantitative estimate of drug-likeness (QED) is 0.0191. The molecule has 2 saturated heterocycles. The number of carbonyl (C=O) groups excluding carboxylic acids is 2. The van der Waals surface area contributed by atoms with Crippen LogP contribution in [0.2, 0.25) is 0 Å². The monoisotopic (exact) mass is 1340 g/mol. The maximum atomic E-state index is 12.6. The van der Waals surface area contributed by atoms with Crippen molar-refractivity contribution >= 4 is 11.9 Å². The summed E-state index contributed by atoms with van der Waals surface area (Å²) < 4.78 is 35.7. The highest BCUT2D eigenvalue weighted by Gasteiger charge is 2.48. The van der Waals surface area contributed by atoms with Crippen molar-refractivity contribution in [1.29, 1.82) is 0 Å². The second-order valence-electron chi connectivity index (χ2n) is 30.5. The number of hydrogen-bond donors (Lipinski definition) is 6. The highest BCUT2D eigenvalue weighted by Crippen LogP contribution is 2.45. The molecule has 0 spiro atoms. The van der Waals surface area contributed by atoms with Gasteiger partial charge < -0.3 is 59.1 Å². The molecule has 12 atom stereocenters. The molecule has 96 heavy (non-hydrogen) atoms. The molecule has 0 saturated carbocycles. The van der Waals surface area contributed by atoms with Crippen LogP contribution in [0.4, 0.5) is 0 Å². The Morgan fingerprint density at radius 1 is 0.438 bits per heavy atom. The second-order valence-corrected chi connectivity index (χ2v) is 30.5. The molecule has 0 bridgehead atoms. The molecule has 0 amide bonds. The third kappa shape index (κ3) is 31.9. The van der Waals surface area contributed by atoms with Crippen LogP contribution in [0.15, 0.2) is 130 Å². The number of allylic oxidation sites excluding steroid dienone is 20. The van der Waals surface area contributed by atoms with Gasteiger partial charge in [0, 0.05) is 12.8 Å². The van der Waals surface area contributed by atoms with Crippen LogP contribution >= 0.6 is 0 Å². The lowest BCUT2D eigenvalue weighted by Crippen LogP contribution is -2.60. The van der Waals surface area contributed by atoms with Crippen LogP contribution in [-0.4, -0.2) is 129 Å². The number of esters is 2. The van der Waals surface area contributed by atoms with E-state index in [4.69, 9.17) is 28.4 Å². The molecule has 4 aliphatic rings. The minimum Gasteiger partial charge on any atom is -0.463 e. The summed E-state index contributed by atoms with van der Waals surface area (Å²) in [6.07, 6.45) is 41.8. The highest BCUT2D eigenvalue weighted by atomic mass is 16.7. The van der Waals surface area contributed by atoms with Crippen LogP contribution in [0.3, 0.4) is 0 Å². The Morgan fingerprint density at radius 3 is 1.06 bits per heavy atom. The third-order valence-electron chi connectivity index (χ3n) is 19.3. The van der Waals surface area contributed by atoms with Gasteiger partial charge in [-0.2, -0.15) is 0 Å². The topological polar surface area (TPSA) is 211 Å². The van der Waals surface area contributed by atoms with Gasteiger partial charge in [0.1, 0.15) is 62.0 Å². The largest absolute Gasteiger partial charge is 0.463 e. The minimum atomic E-state index is -1.52. The van der Waals surface area contributed by atoms with Gasteiger partial charge in [-0.1, -0.05) is 289 Å². The van der Waals surface area contributed by atoms with Crippen molar-refractivity contribution in [2.45, 2.75) is 337 Å². The minimum absolute atomic E-state index is 0.237. The lowest BCUT2D eigenvalue weighted by molar-refractivity contribution is -0.313. The predicted molar refractivity (Wildman–Crippen MR) is 388 cm³/mol. The molecule has 0 radical (unpaired) electrons. The van der Waals surface area contributed by atoms with Crippen molar-refractivity contribution in [3.63, 3.8) is 0 Å². The summed E-state index contributed by atoms with van der Waals surface area (Å²) in [7, 11) is 0. The summed E-state index contributed by atoms with van der Waals surface area (Å²) in [5.74, 6) is 0.822. The Bertz CT molecular complexity index is 2480. The molecule has 4 unspecified atom stereocenters. The fourth-order valence-corrected chi connectivity index (χ4v) is 13.6. The Labute approximate surface area is 580 Å². The first-order valence-electron chi connectivity index (χ1n) is 37.1. The molecule has 544 valence electrons. The lowest BCUT2D eigenvalue weighted by Gasteiger charge is -2.43. The smallest absolute Gasteiger partial charge is 0.305 e. The molecule has 2 aliphatic carbocycles. The maximum Gasteiger partial charge on any atom is 0.305 e. The molecule has 2 heterocycles. The Hall–Kier alpha value is -4.32. The maximum absolute atomic E-state index is 12.6. The van der Waals surface area contributed by atoms with E-state index in [-0.39, 0.29) is 61.0 Å². The van der Waals surface area contributed by atoms with E-state index < -0.39 is 61.4 Å². The summed E-state index contributed by atoms with van der Waals surface area (Å²) >= 11 is 0. The zero-order valence-corrected chi connectivity index (χ0v) is 61.9. The van der Waals surface area contributed by atoms with E-state index in [1.807, 2.05) is 24.3 Å². The first-order valence-corrected chi connectivity index (χ1v) is 37.1. The average molecular weight is 1340 g/mol. The van der Waals surface area contributed by atoms with Gasteiger partial charge >= 0.3 is 11.9 Å². The fraction of sp³-hybridized carbons (Fsp3) is 0.707. The van der Waals surface area contributed by atoms with Crippen molar-refractivity contribution in [3.8, 4) is 0 Å². The number of unbranched alkanes of at least 4 members (excludes halogenated alkanes) is 16. The average Bonchev–Trinajstić information content (AvgIpc) is 0.802. The second kappa shape index (κ2) is 44.7. The Morgan fingerprint density at radius 2 is 0.740 bits per heavy atom. The summed E-state index contributed by atoms with van der Waals surface area (Å²) in [5.41, 5.74) is 8.58. The van der Waals surface area contributed by atoms with Gasteiger partial charge in [0.2, 0.25) is 0 Å². The van der Waals surface area contributed by atoms with Crippen molar-refractivity contribution < 1.29 is 68.6 Å². The van der Waals surface area contributed by atoms with Crippen molar-refractivity contribution in [2.75, 3.05) is 13.2 Å². The van der Waals surface area contributed by atoms with E-state index in [2.05, 4.69) is 158 Å². The summed E-state index contributed by atoms with van der Waals surface area (Å²) in [6, 6.07) is 0. The van der Waals surface area contributed by atoms with Gasteiger partial charge in [0.25, 0.3) is 0 Å². The number of ether oxygens (including phenoxy) is 6. The molecule has 4 rings (SSSR count). The van der Waals surface area contributed by atoms with Gasteiger partial charge in [-0.15, -0.1) is 0 Å². The van der Waals surface area contributed by atoms with Gasteiger partial charge in [0.05, 0.1) is 12.2 Å². The number of aliphatic hydroxyl groups excluding tert-OH is 6. The van der Waals surface area contributed by atoms with Crippen LogP contribution < -0.4 is 0 Å². The zero-order valence-electron chi connectivity index (χ0n) is 61.9. The fourth-order valence-electron chi connectivity index (χ4n) is 13.6. The summed E-state index contributed by atoms with van der Waals surface area (Å²) in [5, 5.41) is 65.0. The van der Waals surface area contributed by atoms with E-state index in [0.29, 0.717) is 25.7 Å². The molecule has 2 fully saturated rings. The van der Waals surface area contributed by atoms with E-state index in [0.717, 1.165) is 83.8 Å². The lowest BCUT2D eigenvalue weighted by atomic mass is 9.71. The molecule has 0 aromatic rings. The SMILES string of the molecule is CC1=C(/C=C/C(C)=C/C=C/C(C)=C/C=C/C=C(C)/C=C/C=C(C)/C=C/C2=C(C)C[C@@H](O[C@@H]3O[C@H](COC(=O)CCCCCCCCCCCC(C)C)[C@@H](O)C(O)C3O)CC2(C)C)C(C)(C)C[C@H](O[C@@H]2O[C@H](COC(=O)CCCCCCCCCCCC(C)C)[C@@H](O)C(O)C2O)C1. The van der Waals surface area contributed by atoms with E-state index in [1.165, 1.54) is 101 Å². The molecular weight excluding hydrogens is 1210 g/mol. The predicted octanol–water partition coefficient (Wildman–Crippen LogP) is 17.2. The highest BCUT2D eigenvalue weighted by molar-refractivity contribution is 5.69. The molecule has 14 nitrogen and oxygen atoms in total. The normalized spacial score (nSPS) is 27.4. The van der Waals surface area contributed by atoms with Crippen LogP contribution in [0, 0.1) is 22.7 Å². The van der Waals surface area contributed by atoms with Crippen LogP contribution in [0.25, 0.3) is 0 Å². The first-order chi connectivity index (χ1) is 45.6.